The summed E-state index contributed by atoms with van der Waals surface area (Å²) in [5, 5.41) is 0. The number of likely N-dealkylation sites (N-methyl/N-ethyl adjacent to an activating group) is 1. The van der Waals surface area contributed by atoms with E-state index in [9.17, 15) is 19.0 Å². The van der Waals surface area contributed by atoms with Crippen molar-refractivity contribution in [2.45, 2.75) is 238 Å². The van der Waals surface area contributed by atoms with Gasteiger partial charge in [0.1, 0.15) is 19.8 Å². The van der Waals surface area contributed by atoms with E-state index in [1.165, 1.54) is 167 Å². The highest BCUT2D eigenvalue weighted by Gasteiger charge is 2.21. The van der Waals surface area contributed by atoms with E-state index in [2.05, 4.69) is 13.8 Å². The Kier molecular flexibility index (Phi) is 38.8. The molecule has 9 nitrogen and oxygen atoms in total. The van der Waals surface area contributed by atoms with E-state index in [0.29, 0.717) is 17.4 Å². The molecule has 0 aromatic carbocycles. The van der Waals surface area contributed by atoms with Gasteiger partial charge in [0.05, 0.1) is 27.7 Å². The van der Waals surface area contributed by atoms with Crippen molar-refractivity contribution in [2.24, 2.45) is 0 Å². The van der Waals surface area contributed by atoms with Crippen molar-refractivity contribution >= 4 is 19.8 Å². The number of phosphoric acid groups is 1. The van der Waals surface area contributed by atoms with Gasteiger partial charge in [-0.15, -0.1) is 0 Å². The summed E-state index contributed by atoms with van der Waals surface area (Å²) in [4.78, 5) is 37.5. The highest BCUT2D eigenvalue weighted by atomic mass is 31.2. The van der Waals surface area contributed by atoms with Crippen molar-refractivity contribution in [3.63, 3.8) is 0 Å². The summed E-state index contributed by atoms with van der Waals surface area (Å²) in [6, 6.07) is 0. The summed E-state index contributed by atoms with van der Waals surface area (Å²) in [6.07, 6.45) is 39.9. The lowest BCUT2D eigenvalue weighted by atomic mass is 10.0. The van der Waals surface area contributed by atoms with Gasteiger partial charge in [-0.25, -0.2) is 0 Å². The number of hydrogen-bond acceptors (Lipinski definition) is 8. The molecular weight excluding hydrogens is 725 g/mol. The van der Waals surface area contributed by atoms with Crippen LogP contribution in [0.5, 0.6) is 0 Å². The topological polar surface area (TPSA) is 111 Å². The molecule has 0 radical (unpaired) electrons. The molecule has 1 unspecified atom stereocenters. The lowest BCUT2D eigenvalue weighted by molar-refractivity contribution is -0.870. The number of ether oxygens (including phenoxy) is 2. The van der Waals surface area contributed by atoms with E-state index < -0.39 is 26.5 Å². The van der Waals surface area contributed by atoms with Crippen LogP contribution in [0.2, 0.25) is 0 Å². The Morgan fingerprint density at radius 3 is 1.14 bits per heavy atom. The molecule has 0 aromatic heterocycles. The Hall–Kier alpha value is -0.990. The highest BCUT2D eigenvalue weighted by Crippen LogP contribution is 2.38. The van der Waals surface area contributed by atoms with Gasteiger partial charge in [0.2, 0.25) is 0 Å². The maximum absolute atomic E-state index is 12.7. The molecule has 0 saturated carbocycles. The second-order valence-corrected chi connectivity index (χ2v) is 18.9. The van der Waals surface area contributed by atoms with Gasteiger partial charge >= 0.3 is 11.9 Å². The third-order valence-corrected chi connectivity index (χ3v) is 11.6. The van der Waals surface area contributed by atoms with Gasteiger partial charge in [-0.05, 0) is 12.8 Å². The number of carbonyl (C=O) groups is 2. The number of phosphoric ester groups is 1. The highest BCUT2D eigenvalue weighted by molar-refractivity contribution is 7.45. The summed E-state index contributed by atoms with van der Waals surface area (Å²) in [7, 11) is 1.18. The van der Waals surface area contributed by atoms with Crippen LogP contribution >= 0.6 is 7.82 Å². The molecule has 0 aliphatic heterocycles. The van der Waals surface area contributed by atoms with Crippen LogP contribution in [0.25, 0.3) is 0 Å². The molecule has 0 amide bonds. The van der Waals surface area contributed by atoms with Gasteiger partial charge in [0, 0.05) is 12.8 Å². The van der Waals surface area contributed by atoms with E-state index in [0.717, 1.165) is 32.1 Å². The quantitative estimate of drug-likeness (QED) is 0.0259. The average Bonchev–Trinajstić information content (AvgIpc) is 3.15. The number of quaternary nitrogens is 1. The zero-order valence-electron chi connectivity index (χ0n) is 37.6. The lowest BCUT2D eigenvalue weighted by Crippen LogP contribution is -2.37. The molecule has 0 saturated heterocycles. The molecular formula is C46H92NO8P. The summed E-state index contributed by atoms with van der Waals surface area (Å²) in [5.41, 5.74) is 0. The molecule has 334 valence electrons. The van der Waals surface area contributed by atoms with E-state index in [1.807, 2.05) is 21.1 Å². The number of esters is 2. The monoisotopic (exact) mass is 818 g/mol. The Morgan fingerprint density at radius 2 is 0.804 bits per heavy atom. The minimum absolute atomic E-state index is 0.0256. The second kappa shape index (κ2) is 39.5. The SMILES string of the molecule is CCCCCCCCCCCCCCCCCCCCCCCC(=O)O[C@H](COC(=O)CCCCCCCCCCCCC)COP(=O)([O-])OCC[N+](C)(C)C. The Balaban J connectivity index is 4.19. The van der Waals surface area contributed by atoms with Crippen LogP contribution in [0.15, 0.2) is 0 Å². The maximum atomic E-state index is 12.7. The van der Waals surface area contributed by atoms with E-state index in [1.54, 1.807) is 0 Å². The second-order valence-electron chi connectivity index (χ2n) is 17.5. The normalized spacial score (nSPS) is 13.5. The maximum Gasteiger partial charge on any atom is 0.306 e. The Labute approximate surface area is 346 Å². The van der Waals surface area contributed by atoms with Crippen molar-refractivity contribution in [3.05, 3.63) is 0 Å². The molecule has 0 aromatic rings. The van der Waals surface area contributed by atoms with Crippen LogP contribution in [0.1, 0.15) is 232 Å². The first kappa shape index (κ1) is 55.0. The minimum Gasteiger partial charge on any atom is -0.756 e. The first-order chi connectivity index (χ1) is 27.0. The lowest BCUT2D eigenvalue weighted by Gasteiger charge is -2.28. The predicted octanol–water partition coefficient (Wildman–Crippen LogP) is 13.0. The fourth-order valence-corrected chi connectivity index (χ4v) is 7.62. The van der Waals surface area contributed by atoms with Crippen LogP contribution in [0, 0.1) is 0 Å². The van der Waals surface area contributed by atoms with Gasteiger partial charge in [-0.1, -0.05) is 206 Å². The molecule has 0 bridgehead atoms. The molecule has 0 aliphatic carbocycles. The van der Waals surface area contributed by atoms with Crippen LogP contribution in [0.4, 0.5) is 0 Å². The van der Waals surface area contributed by atoms with Crippen molar-refractivity contribution < 1.29 is 42.1 Å². The van der Waals surface area contributed by atoms with Crippen molar-refractivity contribution in [3.8, 4) is 0 Å². The smallest absolute Gasteiger partial charge is 0.306 e. The fourth-order valence-electron chi connectivity index (χ4n) is 6.89. The number of carbonyl (C=O) groups excluding carboxylic acids is 2. The molecule has 0 rings (SSSR count). The van der Waals surface area contributed by atoms with Crippen LogP contribution in [0.3, 0.4) is 0 Å². The van der Waals surface area contributed by atoms with Crippen molar-refractivity contribution in [2.75, 3.05) is 47.5 Å². The third-order valence-electron chi connectivity index (χ3n) is 10.6. The van der Waals surface area contributed by atoms with Crippen LogP contribution in [-0.2, 0) is 32.7 Å². The van der Waals surface area contributed by atoms with E-state index >= 15 is 0 Å². The summed E-state index contributed by atoms with van der Waals surface area (Å²) >= 11 is 0. The Morgan fingerprint density at radius 1 is 0.482 bits per heavy atom. The number of unbranched alkanes of at least 4 members (excludes halogenated alkanes) is 30. The van der Waals surface area contributed by atoms with Gasteiger partial charge < -0.3 is 27.9 Å². The van der Waals surface area contributed by atoms with Gasteiger partial charge in [0.25, 0.3) is 7.82 Å². The van der Waals surface area contributed by atoms with Crippen LogP contribution < -0.4 is 4.89 Å². The standard InChI is InChI=1S/C46H92NO8P/c1-6-8-10-12-14-16-18-19-20-21-22-23-24-25-26-27-29-31-33-35-37-39-46(49)55-44(43-54-56(50,51)53-41-40-47(3,4)5)42-52-45(48)38-36-34-32-30-28-17-15-13-11-9-7-2/h44H,6-43H2,1-5H3/t44-/m1/s1. The minimum atomic E-state index is -4.62. The fraction of sp³-hybridized carbons (Fsp3) is 0.957. The molecule has 0 heterocycles. The zero-order chi connectivity index (χ0) is 41.4. The summed E-state index contributed by atoms with van der Waals surface area (Å²) in [6.45, 7) is 4.26. The van der Waals surface area contributed by atoms with E-state index in [-0.39, 0.29) is 32.0 Å². The number of hydrogen-bond donors (Lipinski definition) is 0. The molecule has 0 aliphatic rings. The summed E-state index contributed by atoms with van der Waals surface area (Å²) in [5.74, 6) is -0.819. The average molecular weight is 818 g/mol. The zero-order valence-corrected chi connectivity index (χ0v) is 38.5. The van der Waals surface area contributed by atoms with Crippen molar-refractivity contribution in [1.82, 2.24) is 0 Å². The summed E-state index contributed by atoms with van der Waals surface area (Å²) < 4.78 is 33.9. The molecule has 2 atom stereocenters. The van der Waals surface area contributed by atoms with E-state index in [4.69, 9.17) is 18.5 Å². The van der Waals surface area contributed by atoms with Crippen LogP contribution in [-0.4, -0.2) is 70.0 Å². The largest absolute Gasteiger partial charge is 0.756 e. The molecule has 0 spiro atoms. The molecule has 0 fully saturated rings. The van der Waals surface area contributed by atoms with Crippen molar-refractivity contribution in [1.29, 1.82) is 0 Å². The molecule has 0 N–H and O–H groups in total. The Bertz CT molecular complexity index is 927. The first-order valence-electron chi connectivity index (χ1n) is 23.7. The number of nitrogens with zero attached hydrogens (tertiary/aromatic N) is 1. The predicted molar refractivity (Wildman–Crippen MR) is 232 cm³/mol. The number of rotatable bonds is 44. The van der Waals surface area contributed by atoms with Gasteiger partial charge in [0.15, 0.2) is 6.10 Å². The third kappa shape index (κ3) is 42.6. The molecule has 10 heteroatoms. The van der Waals surface area contributed by atoms with Gasteiger partial charge in [-0.2, -0.15) is 0 Å². The first-order valence-corrected chi connectivity index (χ1v) is 25.2. The van der Waals surface area contributed by atoms with Gasteiger partial charge in [-0.3, -0.25) is 14.2 Å². The molecule has 56 heavy (non-hydrogen) atoms.